The molecule has 0 bridgehead atoms. The van der Waals surface area contributed by atoms with Crippen molar-refractivity contribution in [3.63, 3.8) is 0 Å². The Bertz CT molecular complexity index is 941. The molecule has 3 aromatic carbocycles. The van der Waals surface area contributed by atoms with Crippen molar-refractivity contribution < 1.29 is 4.79 Å². The average Bonchev–Trinajstić information content (AvgIpc) is 3.02. The lowest BCUT2D eigenvalue weighted by atomic mass is 10.0. The minimum absolute atomic E-state index is 0.103. The van der Waals surface area contributed by atoms with Gasteiger partial charge in [0.25, 0.3) is 0 Å². The second-order valence-corrected chi connectivity index (χ2v) is 6.35. The van der Waals surface area contributed by atoms with Crippen molar-refractivity contribution in [1.82, 2.24) is 0 Å². The lowest BCUT2D eigenvalue weighted by Crippen LogP contribution is -2.08. The molecule has 2 nitrogen and oxygen atoms in total. The van der Waals surface area contributed by atoms with E-state index in [0.29, 0.717) is 0 Å². The fourth-order valence-electron chi connectivity index (χ4n) is 3.38. The molecular weight excluding hydrogens is 294 g/mol. The quantitative estimate of drug-likeness (QED) is 0.685. The summed E-state index contributed by atoms with van der Waals surface area (Å²) < 4.78 is 0. The maximum atomic E-state index is 12.3. The van der Waals surface area contributed by atoms with Gasteiger partial charge in [0.1, 0.15) is 0 Å². The number of anilines is 1. The highest BCUT2D eigenvalue weighted by atomic mass is 16.1. The molecule has 0 unspecified atom stereocenters. The van der Waals surface area contributed by atoms with E-state index >= 15 is 0 Å². The van der Waals surface area contributed by atoms with E-state index in [9.17, 15) is 4.79 Å². The van der Waals surface area contributed by atoms with Crippen LogP contribution in [-0.4, -0.2) is 5.91 Å². The number of benzene rings is 3. The molecule has 1 N–H and O–H groups in total. The number of rotatable bonds is 3. The molecule has 0 atom stereocenters. The Labute approximate surface area is 141 Å². The highest BCUT2D eigenvalue weighted by molar-refractivity contribution is 6.09. The van der Waals surface area contributed by atoms with Gasteiger partial charge in [0, 0.05) is 17.1 Å². The first-order valence-corrected chi connectivity index (χ1v) is 8.30. The average molecular weight is 313 g/mol. The second-order valence-electron chi connectivity index (χ2n) is 6.35. The summed E-state index contributed by atoms with van der Waals surface area (Å²) in [5.74, 6) is -0.103. The number of amides is 1. The molecule has 0 heterocycles. The zero-order valence-electron chi connectivity index (χ0n) is 13.7. The highest BCUT2D eigenvalue weighted by Gasteiger charge is 2.16. The van der Waals surface area contributed by atoms with Crippen LogP contribution in [0, 0.1) is 6.92 Å². The van der Waals surface area contributed by atoms with E-state index in [2.05, 4.69) is 36.5 Å². The SMILES string of the molecule is Cc1ccc(/C=C/C(=O)Nc2ccc3c4c(cccc24)CC3)cc1. The molecule has 0 fully saturated rings. The molecule has 2 heteroatoms. The number of carbonyl (C=O) groups excluding carboxylic acids is 1. The van der Waals surface area contributed by atoms with Crippen LogP contribution in [0.3, 0.4) is 0 Å². The van der Waals surface area contributed by atoms with Gasteiger partial charge in [0.05, 0.1) is 0 Å². The summed E-state index contributed by atoms with van der Waals surface area (Å²) in [5, 5.41) is 5.48. The molecule has 0 saturated heterocycles. The van der Waals surface area contributed by atoms with Gasteiger partial charge >= 0.3 is 0 Å². The molecule has 0 aromatic heterocycles. The third-order valence-corrected chi connectivity index (χ3v) is 4.64. The van der Waals surface area contributed by atoms with E-state index in [0.717, 1.165) is 29.5 Å². The molecule has 118 valence electrons. The molecule has 4 rings (SSSR count). The Morgan fingerprint density at radius 1 is 0.958 bits per heavy atom. The van der Waals surface area contributed by atoms with E-state index in [1.807, 2.05) is 36.4 Å². The maximum Gasteiger partial charge on any atom is 0.248 e. The summed E-state index contributed by atoms with van der Waals surface area (Å²) in [6, 6.07) is 18.6. The zero-order chi connectivity index (χ0) is 16.5. The van der Waals surface area contributed by atoms with Crippen molar-refractivity contribution in [2.75, 3.05) is 5.32 Å². The van der Waals surface area contributed by atoms with Crippen molar-refractivity contribution in [3.8, 4) is 0 Å². The van der Waals surface area contributed by atoms with Crippen molar-refractivity contribution >= 4 is 28.4 Å². The number of hydrogen-bond donors (Lipinski definition) is 1. The highest BCUT2D eigenvalue weighted by Crippen LogP contribution is 2.34. The van der Waals surface area contributed by atoms with E-state index in [1.54, 1.807) is 6.08 Å². The third-order valence-electron chi connectivity index (χ3n) is 4.64. The van der Waals surface area contributed by atoms with Gasteiger partial charge in [-0.2, -0.15) is 0 Å². The number of aryl methyl sites for hydroxylation is 3. The molecule has 1 aliphatic rings. The van der Waals surface area contributed by atoms with Crippen molar-refractivity contribution in [2.45, 2.75) is 19.8 Å². The molecule has 0 aliphatic heterocycles. The van der Waals surface area contributed by atoms with Gasteiger partial charge in [-0.1, -0.05) is 54.1 Å². The molecule has 0 spiro atoms. The summed E-state index contributed by atoms with van der Waals surface area (Å²) in [4.78, 5) is 12.3. The van der Waals surface area contributed by atoms with Crippen molar-refractivity contribution in [2.24, 2.45) is 0 Å². The van der Waals surface area contributed by atoms with Gasteiger partial charge in [0.2, 0.25) is 5.91 Å². The molecule has 0 saturated carbocycles. The smallest absolute Gasteiger partial charge is 0.248 e. The first-order valence-electron chi connectivity index (χ1n) is 8.30. The Morgan fingerprint density at radius 2 is 1.71 bits per heavy atom. The summed E-state index contributed by atoms with van der Waals surface area (Å²) in [6.45, 7) is 2.05. The Kier molecular flexibility index (Phi) is 3.66. The van der Waals surface area contributed by atoms with Gasteiger partial charge in [-0.15, -0.1) is 0 Å². The molecule has 0 radical (unpaired) electrons. The van der Waals surface area contributed by atoms with Crippen LogP contribution in [0.25, 0.3) is 16.8 Å². The standard InChI is InChI=1S/C22H19NO/c1-15-5-7-16(8-6-15)9-14-21(24)23-20-13-12-18-11-10-17-3-2-4-19(20)22(17)18/h2-9,12-14H,10-11H2,1H3,(H,23,24)/b14-9+. The first-order chi connectivity index (χ1) is 11.7. The van der Waals surface area contributed by atoms with Crippen LogP contribution < -0.4 is 5.32 Å². The number of nitrogens with one attached hydrogen (secondary N) is 1. The monoisotopic (exact) mass is 313 g/mol. The van der Waals surface area contributed by atoms with Crippen LogP contribution in [0.15, 0.2) is 60.7 Å². The molecule has 24 heavy (non-hydrogen) atoms. The van der Waals surface area contributed by atoms with Crippen LogP contribution in [0.1, 0.15) is 22.3 Å². The third kappa shape index (κ3) is 2.71. The molecule has 3 aromatic rings. The first kappa shape index (κ1) is 14.7. The second kappa shape index (κ2) is 5.97. The lowest BCUT2D eigenvalue weighted by molar-refractivity contribution is -0.111. The minimum Gasteiger partial charge on any atom is -0.322 e. The van der Waals surface area contributed by atoms with Crippen LogP contribution >= 0.6 is 0 Å². The number of carbonyl (C=O) groups is 1. The van der Waals surface area contributed by atoms with Crippen LogP contribution in [0.2, 0.25) is 0 Å². The summed E-state index contributed by atoms with van der Waals surface area (Å²) in [6.07, 6.45) is 5.62. The Morgan fingerprint density at radius 3 is 2.50 bits per heavy atom. The minimum atomic E-state index is -0.103. The largest absolute Gasteiger partial charge is 0.322 e. The Hall–Kier alpha value is -2.87. The zero-order valence-corrected chi connectivity index (χ0v) is 13.7. The van der Waals surface area contributed by atoms with Crippen LogP contribution in [-0.2, 0) is 17.6 Å². The van der Waals surface area contributed by atoms with Crippen molar-refractivity contribution in [1.29, 1.82) is 0 Å². The van der Waals surface area contributed by atoms with Gasteiger partial charge in [-0.25, -0.2) is 0 Å². The van der Waals surface area contributed by atoms with Crippen LogP contribution in [0.4, 0.5) is 5.69 Å². The van der Waals surface area contributed by atoms with E-state index < -0.39 is 0 Å². The molecular formula is C22H19NO. The topological polar surface area (TPSA) is 29.1 Å². The summed E-state index contributed by atoms with van der Waals surface area (Å²) >= 11 is 0. The maximum absolute atomic E-state index is 12.3. The Balaban J connectivity index is 1.58. The predicted molar refractivity (Wildman–Crippen MR) is 100 cm³/mol. The molecule has 1 aliphatic carbocycles. The van der Waals surface area contributed by atoms with E-state index in [4.69, 9.17) is 0 Å². The fraction of sp³-hybridized carbons (Fsp3) is 0.136. The van der Waals surface area contributed by atoms with Gasteiger partial charge < -0.3 is 5.32 Å². The van der Waals surface area contributed by atoms with Gasteiger partial charge in [-0.3, -0.25) is 4.79 Å². The normalized spacial score (nSPS) is 12.9. The number of hydrogen-bond acceptors (Lipinski definition) is 1. The predicted octanol–water partition coefficient (Wildman–Crippen LogP) is 4.90. The lowest BCUT2D eigenvalue weighted by Gasteiger charge is -2.09. The summed E-state index contributed by atoms with van der Waals surface area (Å²) in [5.41, 5.74) is 5.89. The van der Waals surface area contributed by atoms with E-state index in [1.165, 1.54) is 22.1 Å². The molecule has 1 amide bonds. The van der Waals surface area contributed by atoms with E-state index in [-0.39, 0.29) is 5.91 Å². The van der Waals surface area contributed by atoms with Crippen molar-refractivity contribution in [3.05, 3.63) is 82.9 Å². The summed E-state index contributed by atoms with van der Waals surface area (Å²) in [7, 11) is 0. The van der Waals surface area contributed by atoms with Gasteiger partial charge in [0.15, 0.2) is 0 Å². The fourth-order valence-corrected chi connectivity index (χ4v) is 3.38. The van der Waals surface area contributed by atoms with Gasteiger partial charge in [-0.05, 0) is 54.0 Å². The van der Waals surface area contributed by atoms with Crippen LogP contribution in [0.5, 0.6) is 0 Å².